The fourth-order valence-electron chi connectivity index (χ4n) is 1.24. The van der Waals surface area contributed by atoms with Gasteiger partial charge in [0.05, 0.1) is 4.92 Å². The van der Waals surface area contributed by atoms with E-state index in [4.69, 9.17) is 5.84 Å². The van der Waals surface area contributed by atoms with E-state index in [1.165, 1.54) is 12.1 Å². The molecule has 0 saturated carbocycles. The Morgan fingerprint density at radius 1 is 1.56 bits per heavy atom. The number of nitro groups is 1. The molecule has 0 aliphatic rings. The van der Waals surface area contributed by atoms with Crippen molar-refractivity contribution in [3.63, 3.8) is 0 Å². The van der Waals surface area contributed by atoms with Crippen LogP contribution in [0.4, 0.5) is 17.3 Å². The number of likely N-dealkylation sites (N-methyl/N-ethyl adjacent to an activating group) is 1. The fraction of sp³-hybridized carbons (Fsp3) is 0.500. The molecule has 0 radical (unpaired) electrons. The molecule has 1 unspecified atom stereocenters. The maximum atomic E-state index is 10.9. The second-order valence-electron chi connectivity index (χ2n) is 4.16. The van der Waals surface area contributed by atoms with Crippen LogP contribution in [0.5, 0.6) is 0 Å². The van der Waals surface area contributed by atoms with Gasteiger partial charge in [0.25, 0.3) is 0 Å². The third-order valence-corrected chi connectivity index (χ3v) is 2.66. The van der Waals surface area contributed by atoms with Crippen molar-refractivity contribution in [3.05, 3.63) is 22.2 Å². The number of nitrogens with two attached hydrogens (primary N) is 1. The first-order valence-corrected chi connectivity index (χ1v) is 5.48. The topological polar surface area (TPSA) is 109 Å². The van der Waals surface area contributed by atoms with Gasteiger partial charge in [-0.25, -0.2) is 10.8 Å². The van der Waals surface area contributed by atoms with Gasteiger partial charge in [0.1, 0.15) is 5.82 Å². The Labute approximate surface area is 105 Å². The first-order valence-electron chi connectivity index (χ1n) is 5.48. The molecule has 100 valence electrons. The van der Waals surface area contributed by atoms with Crippen molar-refractivity contribution >= 4 is 17.3 Å². The Balaban J connectivity index is 2.87. The van der Waals surface area contributed by atoms with E-state index in [-0.39, 0.29) is 17.5 Å². The first kappa shape index (κ1) is 14.1. The molecular formula is C10H18N6O2. The predicted molar refractivity (Wildman–Crippen MR) is 70.3 cm³/mol. The zero-order chi connectivity index (χ0) is 13.7. The second-order valence-corrected chi connectivity index (χ2v) is 4.16. The quantitative estimate of drug-likeness (QED) is 0.388. The average molecular weight is 254 g/mol. The van der Waals surface area contributed by atoms with E-state index in [9.17, 15) is 10.1 Å². The third-order valence-electron chi connectivity index (χ3n) is 2.66. The zero-order valence-electron chi connectivity index (χ0n) is 10.7. The minimum atomic E-state index is -0.476. The van der Waals surface area contributed by atoms with E-state index in [1.54, 1.807) is 0 Å². The molecule has 0 fully saturated rings. The number of aromatic nitrogens is 1. The molecule has 0 aliphatic carbocycles. The van der Waals surface area contributed by atoms with Gasteiger partial charge in [-0.15, -0.1) is 0 Å². The van der Waals surface area contributed by atoms with Crippen LogP contribution >= 0.6 is 0 Å². The fourth-order valence-corrected chi connectivity index (χ4v) is 1.24. The molecule has 1 atom stereocenters. The lowest BCUT2D eigenvalue weighted by Gasteiger charge is -2.20. The lowest BCUT2D eigenvalue weighted by molar-refractivity contribution is -0.384. The van der Waals surface area contributed by atoms with Crippen LogP contribution in [0.1, 0.15) is 6.92 Å². The highest BCUT2D eigenvalue weighted by atomic mass is 16.6. The van der Waals surface area contributed by atoms with Crippen molar-refractivity contribution in [2.24, 2.45) is 5.84 Å². The SMILES string of the molecule is CC(CNc1nc(NN)ccc1[N+](=O)[O-])N(C)C. The maximum absolute atomic E-state index is 10.9. The number of nitrogens with zero attached hydrogens (tertiary/aromatic N) is 3. The van der Waals surface area contributed by atoms with Crippen molar-refractivity contribution in [1.29, 1.82) is 0 Å². The molecule has 0 aliphatic heterocycles. The molecule has 8 nitrogen and oxygen atoms in total. The Morgan fingerprint density at radius 3 is 2.72 bits per heavy atom. The van der Waals surface area contributed by atoms with Crippen LogP contribution in [0, 0.1) is 10.1 Å². The van der Waals surface area contributed by atoms with Gasteiger partial charge in [0.2, 0.25) is 5.82 Å². The van der Waals surface area contributed by atoms with Gasteiger partial charge in [-0.1, -0.05) is 0 Å². The van der Waals surface area contributed by atoms with Crippen molar-refractivity contribution in [3.8, 4) is 0 Å². The summed E-state index contributed by atoms with van der Waals surface area (Å²) >= 11 is 0. The van der Waals surface area contributed by atoms with Crippen LogP contribution in [0.25, 0.3) is 0 Å². The molecule has 1 aromatic heterocycles. The van der Waals surface area contributed by atoms with E-state index in [0.717, 1.165) is 0 Å². The molecule has 18 heavy (non-hydrogen) atoms. The van der Waals surface area contributed by atoms with Gasteiger partial charge in [0, 0.05) is 18.7 Å². The maximum Gasteiger partial charge on any atom is 0.311 e. The summed E-state index contributed by atoms with van der Waals surface area (Å²) in [5.41, 5.74) is 2.29. The number of hydrogen-bond donors (Lipinski definition) is 3. The summed E-state index contributed by atoms with van der Waals surface area (Å²) in [6.45, 7) is 2.55. The molecule has 1 rings (SSSR count). The van der Waals surface area contributed by atoms with E-state index < -0.39 is 4.92 Å². The largest absolute Gasteiger partial charge is 0.363 e. The Kier molecular flexibility index (Phi) is 4.81. The van der Waals surface area contributed by atoms with Crippen LogP contribution in [0.15, 0.2) is 12.1 Å². The predicted octanol–water partition coefficient (Wildman–Crippen LogP) is 0.637. The van der Waals surface area contributed by atoms with Gasteiger partial charge in [-0.2, -0.15) is 0 Å². The third kappa shape index (κ3) is 3.54. The lowest BCUT2D eigenvalue weighted by Crippen LogP contribution is -2.31. The molecule has 0 aromatic carbocycles. The average Bonchev–Trinajstić information content (AvgIpc) is 2.34. The van der Waals surface area contributed by atoms with Crippen LogP contribution in [0.3, 0.4) is 0 Å². The molecule has 4 N–H and O–H groups in total. The van der Waals surface area contributed by atoms with Crippen molar-refractivity contribution in [1.82, 2.24) is 9.88 Å². The summed E-state index contributed by atoms with van der Waals surface area (Å²) in [5.74, 6) is 5.82. The standard InChI is InChI=1S/C10H18N6O2/c1-7(15(2)3)6-12-10-8(16(17)18)4-5-9(13-10)14-11/h4-5,7H,6,11H2,1-3H3,(H2,12,13,14). The smallest absolute Gasteiger partial charge is 0.311 e. The number of anilines is 2. The zero-order valence-corrected chi connectivity index (χ0v) is 10.7. The van der Waals surface area contributed by atoms with Crippen LogP contribution in [-0.2, 0) is 0 Å². The monoisotopic (exact) mass is 254 g/mol. The second kappa shape index (κ2) is 6.12. The van der Waals surface area contributed by atoms with Crippen LogP contribution in [-0.4, -0.2) is 41.5 Å². The van der Waals surface area contributed by atoms with E-state index in [2.05, 4.69) is 15.7 Å². The number of hydrogen-bond acceptors (Lipinski definition) is 7. The van der Waals surface area contributed by atoms with Gasteiger partial charge < -0.3 is 15.6 Å². The normalized spacial score (nSPS) is 12.3. The van der Waals surface area contributed by atoms with Crippen LogP contribution < -0.4 is 16.6 Å². The minimum Gasteiger partial charge on any atom is -0.363 e. The van der Waals surface area contributed by atoms with E-state index in [1.807, 2.05) is 25.9 Å². The Bertz CT molecular complexity index is 423. The molecule has 0 spiro atoms. The van der Waals surface area contributed by atoms with E-state index >= 15 is 0 Å². The summed E-state index contributed by atoms with van der Waals surface area (Å²) in [7, 11) is 3.87. The highest BCUT2D eigenvalue weighted by molar-refractivity contribution is 5.60. The molecule has 0 amide bonds. The number of pyridine rings is 1. The van der Waals surface area contributed by atoms with Crippen molar-refractivity contribution < 1.29 is 4.92 Å². The minimum absolute atomic E-state index is 0.0695. The molecular weight excluding hydrogens is 236 g/mol. The van der Waals surface area contributed by atoms with Gasteiger partial charge in [-0.3, -0.25) is 10.1 Å². The molecule has 1 heterocycles. The Morgan fingerprint density at radius 2 is 2.22 bits per heavy atom. The number of rotatable bonds is 6. The Hall–Kier alpha value is -1.93. The molecule has 0 bridgehead atoms. The van der Waals surface area contributed by atoms with Crippen molar-refractivity contribution in [2.75, 3.05) is 31.4 Å². The number of nitrogen functional groups attached to an aromatic ring is 1. The highest BCUT2D eigenvalue weighted by Gasteiger charge is 2.16. The highest BCUT2D eigenvalue weighted by Crippen LogP contribution is 2.23. The number of hydrazine groups is 1. The van der Waals surface area contributed by atoms with Gasteiger partial charge >= 0.3 is 5.69 Å². The van der Waals surface area contributed by atoms with Crippen molar-refractivity contribution in [2.45, 2.75) is 13.0 Å². The van der Waals surface area contributed by atoms with Gasteiger partial charge in [0.15, 0.2) is 0 Å². The number of nitrogens with one attached hydrogen (secondary N) is 2. The molecule has 1 aromatic rings. The first-order chi connectivity index (χ1) is 8.45. The lowest BCUT2D eigenvalue weighted by atomic mass is 10.3. The summed E-state index contributed by atoms with van der Waals surface area (Å²) in [5, 5.41) is 13.8. The summed E-state index contributed by atoms with van der Waals surface area (Å²) < 4.78 is 0. The molecule has 0 saturated heterocycles. The summed E-state index contributed by atoms with van der Waals surface area (Å²) in [4.78, 5) is 16.4. The summed E-state index contributed by atoms with van der Waals surface area (Å²) in [6.07, 6.45) is 0. The van der Waals surface area contributed by atoms with Crippen LogP contribution in [0.2, 0.25) is 0 Å². The van der Waals surface area contributed by atoms with Gasteiger partial charge in [-0.05, 0) is 27.1 Å². The molecule has 8 heteroatoms. The summed E-state index contributed by atoms with van der Waals surface area (Å²) in [6, 6.07) is 3.05. The van der Waals surface area contributed by atoms with E-state index in [0.29, 0.717) is 12.4 Å².